The molecule has 1 fully saturated rings. The Morgan fingerprint density at radius 1 is 1.16 bits per heavy atom. The maximum absolute atomic E-state index is 10.7. The Hall–Kier alpha value is -1.06. The van der Waals surface area contributed by atoms with E-state index in [1.807, 2.05) is 12.1 Å². The van der Waals surface area contributed by atoms with E-state index in [2.05, 4.69) is 17.9 Å². The van der Waals surface area contributed by atoms with Gasteiger partial charge in [-0.05, 0) is 45.0 Å². The van der Waals surface area contributed by atoms with Crippen molar-refractivity contribution in [3.63, 3.8) is 0 Å². The Kier molecular flexibility index (Phi) is 3.76. The summed E-state index contributed by atoms with van der Waals surface area (Å²) in [4.78, 5) is 2.42. The van der Waals surface area contributed by atoms with Crippen molar-refractivity contribution in [3.8, 4) is 5.75 Å². The van der Waals surface area contributed by atoms with Crippen LogP contribution < -0.4 is 4.74 Å². The summed E-state index contributed by atoms with van der Waals surface area (Å²) in [7, 11) is 0. The molecule has 2 aliphatic heterocycles. The normalized spacial score (nSPS) is 28.3. The van der Waals surface area contributed by atoms with E-state index in [-0.39, 0.29) is 6.04 Å². The van der Waals surface area contributed by atoms with Crippen molar-refractivity contribution in [3.05, 3.63) is 29.3 Å². The van der Waals surface area contributed by atoms with Crippen LogP contribution in [0.4, 0.5) is 0 Å². The van der Waals surface area contributed by atoms with Gasteiger partial charge in [0, 0.05) is 5.56 Å². The van der Waals surface area contributed by atoms with Gasteiger partial charge in [0.1, 0.15) is 18.5 Å². The number of aliphatic hydroxyl groups excluding tert-OH is 1. The minimum absolute atomic E-state index is 0.118. The van der Waals surface area contributed by atoms with Gasteiger partial charge in [0.25, 0.3) is 0 Å². The smallest absolute Gasteiger partial charge is 0.125 e. The van der Waals surface area contributed by atoms with Crippen LogP contribution in [0.25, 0.3) is 0 Å². The van der Waals surface area contributed by atoms with Crippen LogP contribution in [0.1, 0.15) is 42.9 Å². The molecule has 1 aromatic carbocycles. The minimum atomic E-state index is -0.415. The van der Waals surface area contributed by atoms with Gasteiger partial charge in [0.2, 0.25) is 0 Å². The van der Waals surface area contributed by atoms with Gasteiger partial charge in [-0.3, -0.25) is 4.90 Å². The lowest BCUT2D eigenvalue weighted by molar-refractivity contribution is 0.00479. The fourth-order valence-corrected chi connectivity index (χ4v) is 3.24. The zero-order valence-corrected chi connectivity index (χ0v) is 11.6. The monoisotopic (exact) mass is 261 g/mol. The third kappa shape index (κ3) is 2.63. The fourth-order valence-electron chi connectivity index (χ4n) is 3.24. The lowest BCUT2D eigenvalue weighted by Gasteiger charge is -2.38. The Labute approximate surface area is 115 Å². The second-order valence-electron chi connectivity index (χ2n) is 5.81. The molecule has 3 heteroatoms. The number of nitrogens with zero attached hydrogens (tertiary/aromatic N) is 1. The number of fused-ring (bicyclic) bond motifs is 1. The van der Waals surface area contributed by atoms with Gasteiger partial charge in [-0.1, -0.05) is 24.5 Å². The lowest BCUT2D eigenvalue weighted by Crippen LogP contribution is -2.46. The van der Waals surface area contributed by atoms with Gasteiger partial charge in [-0.15, -0.1) is 0 Å². The summed E-state index contributed by atoms with van der Waals surface area (Å²) in [5.74, 6) is 0.851. The molecule has 2 heterocycles. The lowest BCUT2D eigenvalue weighted by atomic mass is 9.96. The number of rotatable bonds is 1. The number of benzene rings is 1. The summed E-state index contributed by atoms with van der Waals surface area (Å²) in [5, 5.41) is 10.7. The first-order chi connectivity index (χ1) is 9.25. The summed E-state index contributed by atoms with van der Waals surface area (Å²) < 4.78 is 5.85. The highest BCUT2D eigenvalue weighted by Crippen LogP contribution is 2.35. The molecular formula is C16H23NO2. The van der Waals surface area contributed by atoms with Crippen LogP contribution >= 0.6 is 0 Å². The Morgan fingerprint density at radius 2 is 1.89 bits per heavy atom. The molecule has 3 nitrogen and oxygen atoms in total. The Morgan fingerprint density at radius 3 is 2.63 bits per heavy atom. The molecule has 0 radical (unpaired) electrons. The molecule has 19 heavy (non-hydrogen) atoms. The quantitative estimate of drug-likeness (QED) is 0.843. The average Bonchev–Trinajstić information content (AvgIpc) is 2.69. The second-order valence-corrected chi connectivity index (χ2v) is 5.81. The van der Waals surface area contributed by atoms with E-state index in [1.54, 1.807) is 0 Å². The van der Waals surface area contributed by atoms with Crippen molar-refractivity contribution in [1.82, 2.24) is 4.90 Å². The van der Waals surface area contributed by atoms with Crippen molar-refractivity contribution < 1.29 is 9.84 Å². The molecule has 2 unspecified atom stereocenters. The highest BCUT2D eigenvalue weighted by Gasteiger charge is 2.33. The van der Waals surface area contributed by atoms with Crippen LogP contribution in [0.5, 0.6) is 5.75 Å². The van der Waals surface area contributed by atoms with E-state index in [9.17, 15) is 5.11 Å². The molecule has 2 aliphatic rings. The molecule has 0 bridgehead atoms. The summed E-state index contributed by atoms with van der Waals surface area (Å²) in [6, 6.07) is 6.20. The molecule has 0 saturated carbocycles. The molecule has 0 aliphatic carbocycles. The van der Waals surface area contributed by atoms with Crippen LogP contribution in [0, 0.1) is 6.92 Å². The van der Waals surface area contributed by atoms with Gasteiger partial charge in [-0.2, -0.15) is 0 Å². The Balaban J connectivity index is 1.81. The molecule has 0 amide bonds. The van der Waals surface area contributed by atoms with Crippen LogP contribution in [-0.2, 0) is 0 Å². The maximum Gasteiger partial charge on any atom is 0.125 e. The zero-order valence-electron chi connectivity index (χ0n) is 11.6. The first kappa shape index (κ1) is 12.9. The van der Waals surface area contributed by atoms with Crippen molar-refractivity contribution in [2.24, 2.45) is 0 Å². The largest absolute Gasteiger partial charge is 0.491 e. The van der Waals surface area contributed by atoms with E-state index in [0.717, 1.165) is 24.4 Å². The van der Waals surface area contributed by atoms with E-state index >= 15 is 0 Å². The second kappa shape index (κ2) is 5.51. The predicted octanol–water partition coefficient (Wildman–Crippen LogP) is 2.67. The van der Waals surface area contributed by atoms with Crippen molar-refractivity contribution in [2.75, 3.05) is 19.7 Å². The van der Waals surface area contributed by atoms with E-state index in [0.29, 0.717) is 6.61 Å². The number of hydrogen-bond acceptors (Lipinski definition) is 3. The van der Waals surface area contributed by atoms with E-state index in [4.69, 9.17) is 4.74 Å². The fraction of sp³-hybridized carbons (Fsp3) is 0.625. The van der Waals surface area contributed by atoms with Crippen molar-refractivity contribution in [2.45, 2.75) is 44.8 Å². The van der Waals surface area contributed by atoms with Crippen LogP contribution in [0.2, 0.25) is 0 Å². The summed E-state index contributed by atoms with van der Waals surface area (Å²) >= 11 is 0. The van der Waals surface area contributed by atoms with Gasteiger partial charge < -0.3 is 9.84 Å². The first-order valence-electron chi connectivity index (χ1n) is 7.41. The third-order valence-corrected chi connectivity index (χ3v) is 4.37. The van der Waals surface area contributed by atoms with Crippen molar-refractivity contribution >= 4 is 0 Å². The number of hydrogen-bond donors (Lipinski definition) is 1. The molecule has 1 aromatic rings. The topological polar surface area (TPSA) is 32.7 Å². The third-order valence-electron chi connectivity index (χ3n) is 4.37. The van der Waals surface area contributed by atoms with Gasteiger partial charge in [0.05, 0.1) is 6.04 Å². The minimum Gasteiger partial charge on any atom is -0.491 e. The predicted molar refractivity (Wildman–Crippen MR) is 75.5 cm³/mol. The summed E-state index contributed by atoms with van der Waals surface area (Å²) in [6.07, 6.45) is 4.70. The van der Waals surface area contributed by atoms with Gasteiger partial charge >= 0.3 is 0 Å². The maximum atomic E-state index is 10.7. The molecular weight excluding hydrogens is 238 g/mol. The molecule has 104 valence electrons. The number of ether oxygens (including phenoxy) is 1. The molecule has 1 N–H and O–H groups in total. The number of likely N-dealkylation sites (tertiary alicyclic amines) is 1. The first-order valence-corrected chi connectivity index (χ1v) is 7.41. The molecule has 0 aromatic heterocycles. The van der Waals surface area contributed by atoms with Crippen LogP contribution in [0.3, 0.4) is 0 Å². The number of aryl methyl sites for hydroxylation is 1. The SMILES string of the molecule is Cc1ccc2c(c1)C(O)C(N1CCCCCC1)CO2. The molecule has 3 rings (SSSR count). The van der Waals surface area contributed by atoms with E-state index < -0.39 is 6.10 Å². The molecule has 1 saturated heterocycles. The van der Waals surface area contributed by atoms with Crippen molar-refractivity contribution in [1.29, 1.82) is 0 Å². The molecule has 2 atom stereocenters. The standard InChI is InChI=1S/C16H23NO2/c1-12-6-7-15-13(10-12)16(18)14(11-19-15)17-8-4-2-3-5-9-17/h6-7,10,14,16,18H,2-5,8-9,11H2,1H3. The van der Waals surface area contributed by atoms with E-state index in [1.165, 1.54) is 31.2 Å². The number of aliphatic hydroxyl groups is 1. The average molecular weight is 261 g/mol. The Bertz CT molecular complexity index is 438. The highest BCUT2D eigenvalue weighted by molar-refractivity contribution is 5.40. The summed E-state index contributed by atoms with van der Waals surface area (Å²) in [6.45, 7) is 4.85. The van der Waals surface area contributed by atoms with Crippen LogP contribution in [0.15, 0.2) is 18.2 Å². The van der Waals surface area contributed by atoms with Crippen LogP contribution in [-0.4, -0.2) is 35.7 Å². The summed E-state index contributed by atoms with van der Waals surface area (Å²) in [5.41, 5.74) is 2.14. The highest BCUT2D eigenvalue weighted by atomic mass is 16.5. The van der Waals surface area contributed by atoms with Gasteiger partial charge in [-0.25, -0.2) is 0 Å². The molecule has 0 spiro atoms. The zero-order chi connectivity index (χ0) is 13.2. The van der Waals surface area contributed by atoms with Gasteiger partial charge in [0.15, 0.2) is 0 Å².